The van der Waals surface area contributed by atoms with Crippen molar-refractivity contribution in [2.75, 3.05) is 6.16 Å². The average molecular weight is 342 g/mol. The normalized spacial score (nSPS) is 22.3. The minimum absolute atomic E-state index is 0.110. The van der Waals surface area contributed by atoms with Crippen LogP contribution in [0.2, 0.25) is 0 Å². The quantitative estimate of drug-likeness (QED) is 0.587. The van der Waals surface area contributed by atoms with Gasteiger partial charge in [-0.2, -0.15) is 0 Å². The molecule has 3 aromatic carbocycles. The van der Waals surface area contributed by atoms with Gasteiger partial charge in [0, 0.05) is 0 Å². The Hall–Kier alpha value is -1.91. The maximum Gasteiger partial charge on any atom is 0.0505 e. The smallest absolute Gasteiger partial charge is 0.0505 e. The van der Waals surface area contributed by atoms with Crippen LogP contribution in [0.1, 0.15) is 38.9 Å². The lowest BCUT2D eigenvalue weighted by atomic mass is 9.92. The first kappa shape index (κ1) is 15.4. The fourth-order valence-electron chi connectivity index (χ4n) is 4.89. The molecule has 3 aromatic rings. The monoisotopic (exact) mass is 342 g/mol. The first-order chi connectivity index (χ1) is 12.0. The van der Waals surface area contributed by atoms with E-state index in [0.29, 0.717) is 0 Å². The van der Waals surface area contributed by atoms with E-state index in [1.807, 2.05) is 0 Å². The van der Waals surface area contributed by atoms with Crippen molar-refractivity contribution in [3.8, 4) is 0 Å². The highest BCUT2D eigenvalue weighted by molar-refractivity contribution is 7.84. The molecule has 1 heteroatoms. The molecule has 5 rings (SSSR count). The van der Waals surface area contributed by atoms with Crippen LogP contribution in [0, 0.1) is 27.7 Å². The van der Waals surface area contributed by atoms with Crippen LogP contribution in [-0.2, 0) is 5.41 Å². The fraction of sp³-hybridized carbons (Fsp3) is 0.250. The molecule has 1 aliphatic heterocycles. The van der Waals surface area contributed by atoms with Crippen LogP contribution in [0.3, 0.4) is 0 Å². The number of aryl methyl sites for hydroxylation is 4. The molecule has 0 saturated heterocycles. The minimum Gasteiger partial charge on any atom is -0.0622 e. The molecule has 2 unspecified atom stereocenters. The van der Waals surface area contributed by atoms with Crippen LogP contribution in [0.15, 0.2) is 54.6 Å². The van der Waals surface area contributed by atoms with Crippen LogP contribution < -0.4 is 10.6 Å². The van der Waals surface area contributed by atoms with Gasteiger partial charge < -0.3 is 0 Å². The van der Waals surface area contributed by atoms with Crippen molar-refractivity contribution in [2.45, 2.75) is 33.1 Å². The predicted octanol–water partition coefficient (Wildman–Crippen LogP) is 5.01. The van der Waals surface area contributed by atoms with Crippen LogP contribution in [0.5, 0.6) is 0 Å². The molecule has 2 aliphatic rings. The maximum absolute atomic E-state index is 2.43. The Labute approximate surface area is 151 Å². The van der Waals surface area contributed by atoms with Gasteiger partial charge in [-0.05, 0) is 80.2 Å². The molecule has 0 saturated carbocycles. The molecular formula is C24H23P. The minimum atomic E-state index is -0.110. The summed E-state index contributed by atoms with van der Waals surface area (Å²) < 4.78 is 0. The summed E-state index contributed by atoms with van der Waals surface area (Å²) in [5, 5.41) is 3.32. The van der Waals surface area contributed by atoms with Crippen molar-refractivity contribution in [1.29, 1.82) is 0 Å². The number of hydrogen-bond acceptors (Lipinski definition) is 0. The second kappa shape index (κ2) is 5.05. The van der Waals surface area contributed by atoms with E-state index in [0.717, 1.165) is 0 Å². The van der Waals surface area contributed by atoms with Crippen LogP contribution >= 0.6 is 7.92 Å². The summed E-state index contributed by atoms with van der Waals surface area (Å²) in [6.45, 7) is 9.04. The van der Waals surface area contributed by atoms with Gasteiger partial charge in [0.2, 0.25) is 0 Å². The van der Waals surface area contributed by atoms with Gasteiger partial charge in [-0.15, -0.1) is 0 Å². The largest absolute Gasteiger partial charge is 0.0622 e. The van der Waals surface area contributed by atoms with Crippen LogP contribution in [0.4, 0.5) is 0 Å². The topological polar surface area (TPSA) is 0 Å². The van der Waals surface area contributed by atoms with Gasteiger partial charge in [0.25, 0.3) is 0 Å². The molecule has 2 atom stereocenters. The number of fused-ring (bicyclic) bond motifs is 2. The third kappa shape index (κ3) is 2.10. The Bertz CT molecular complexity index is 1020. The third-order valence-corrected chi connectivity index (χ3v) is 8.54. The molecule has 0 spiro atoms. The Morgan fingerprint density at radius 2 is 1.48 bits per heavy atom. The van der Waals surface area contributed by atoms with Gasteiger partial charge in [0.05, 0.1) is 5.41 Å². The van der Waals surface area contributed by atoms with Gasteiger partial charge in [-0.1, -0.05) is 65.7 Å². The standard InChI is InChI=1S/C24H23P/c1-15-10-17(3)22-20(12-15)24(22,19-8-6-5-7-9-19)14-25-21-13-16(2)11-18(4)23(21)25/h5-13H,14H2,1-4H3. The Morgan fingerprint density at radius 1 is 0.800 bits per heavy atom. The zero-order chi connectivity index (χ0) is 17.3. The van der Waals surface area contributed by atoms with E-state index in [9.17, 15) is 0 Å². The second-order valence-corrected chi connectivity index (χ2v) is 9.91. The summed E-state index contributed by atoms with van der Waals surface area (Å²) in [6.07, 6.45) is 1.26. The second-order valence-electron chi connectivity index (χ2n) is 7.81. The van der Waals surface area contributed by atoms with Gasteiger partial charge in [0.1, 0.15) is 0 Å². The van der Waals surface area contributed by atoms with Crippen LogP contribution in [0.25, 0.3) is 0 Å². The molecule has 25 heavy (non-hydrogen) atoms. The van der Waals surface area contributed by atoms with E-state index < -0.39 is 0 Å². The summed E-state index contributed by atoms with van der Waals surface area (Å²) in [5.74, 6) is 0. The van der Waals surface area contributed by atoms with Crippen molar-refractivity contribution in [2.24, 2.45) is 0 Å². The zero-order valence-corrected chi connectivity index (χ0v) is 16.2. The number of benzene rings is 3. The molecular weight excluding hydrogens is 319 g/mol. The molecule has 0 fully saturated rings. The summed E-state index contributed by atoms with van der Waals surface area (Å²) in [6, 6.07) is 20.7. The SMILES string of the molecule is Cc1cc(C)c2c(c1)P2CC1(c2ccccc2)c2cc(C)cc(C)c21. The van der Waals surface area contributed by atoms with Crippen LogP contribution in [-0.4, -0.2) is 6.16 Å². The summed E-state index contributed by atoms with van der Waals surface area (Å²) in [7, 11) is -0.110. The molecule has 0 bridgehead atoms. The van der Waals surface area contributed by atoms with Gasteiger partial charge in [0.15, 0.2) is 0 Å². The molecule has 1 aliphatic carbocycles. The average Bonchev–Trinajstić information content (AvgIpc) is 3.43. The maximum atomic E-state index is 2.43. The highest BCUT2D eigenvalue weighted by Crippen LogP contribution is 2.64. The number of hydrogen-bond donors (Lipinski definition) is 0. The van der Waals surface area contributed by atoms with E-state index in [2.05, 4.69) is 82.3 Å². The first-order valence-electron chi connectivity index (χ1n) is 9.09. The Morgan fingerprint density at radius 3 is 2.24 bits per heavy atom. The van der Waals surface area contributed by atoms with Crippen molar-refractivity contribution in [1.82, 2.24) is 0 Å². The summed E-state index contributed by atoms with van der Waals surface area (Å²) in [4.78, 5) is 0. The van der Waals surface area contributed by atoms with E-state index in [4.69, 9.17) is 0 Å². The summed E-state index contributed by atoms with van der Waals surface area (Å²) in [5.41, 5.74) is 10.6. The van der Waals surface area contributed by atoms with E-state index in [-0.39, 0.29) is 13.3 Å². The predicted molar refractivity (Wildman–Crippen MR) is 109 cm³/mol. The molecule has 0 aromatic heterocycles. The molecule has 1 heterocycles. The van der Waals surface area contributed by atoms with Gasteiger partial charge in [-0.3, -0.25) is 0 Å². The molecule has 0 radical (unpaired) electrons. The van der Waals surface area contributed by atoms with Crippen molar-refractivity contribution in [3.63, 3.8) is 0 Å². The van der Waals surface area contributed by atoms with Crippen molar-refractivity contribution >= 4 is 18.5 Å². The van der Waals surface area contributed by atoms with Gasteiger partial charge >= 0.3 is 0 Å². The van der Waals surface area contributed by atoms with Crippen molar-refractivity contribution in [3.05, 3.63) is 93.5 Å². The molecule has 0 amide bonds. The van der Waals surface area contributed by atoms with E-state index in [1.54, 1.807) is 21.7 Å². The lowest BCUT2D eigenvalue weighted by Gasteiger charge is -2.17. The zero-order valence-electron chi connectivity index (χ0n) is 15.4. The molecule has 0 nitrogen and oxygen atoms in total. The summed E-state index contributed by atoms with van der Waals surface area (Å²) >= 11 is 0. The molecule has 124 valence electrons. The van der Waals surface area contributed by atoms with Gasteiger partial charge in [-0.25, -0.2) is 0 Å². The number of rotatable bonds is 3. The lowest BCUT2D eigenvalue weighted by molar-refractivity contribution is 0.861. The Kier molecular flexibility index (Phi) is 3.10. The first-order valence-corrected chi connectivity index (χ1v) is 10.6. The Balaban J connectivity index is 1.61. The highest BCUT2D eigenvalue weighted by Gasteiger charge is 2.56. The van der Waals surface area contributed by atoms with Crippen molar-refractivity contribution < 1.29 is 0 Å². The van der Waals surface area contributed by atoms with E-state index >= 15 is 0 Å². The molecule has 0 N–H and O–H groups in total. The highest BCUT2D eigenvalue weighted by atomic mass is 31.1. The third-order valence-electron chi connectivity index (χ3n) is 5.90. The fourth-order valence-corrected chi connectivity index (χ4v) is 7.93. The lowest BCUT2D eigenvalue weighted by Crippen LogP contribution is -2.15. The van der Waals surface area contributed by atoms with E-state index in [1.165, 1.54) is 34.0 Å².